The topological polar surface area (TPSA) is 84.9 Å². The summed E-state index contributed by atoms with van der Waals surface area (Å²) >= 11 is 0. The summed E-state index contributed by atoms with van der Waals surface area (Å²) in [5.41, 5.74) is 0.974. The van der Waals surface area contributed by atoms with E-state index in [4.69, 9.17) is 9.47 Å². The number of carbonyl (C=O) groups excluding carboxylic acids is 1. The number of nitrogens with one attached hydrogen (secondary N) is 1. The molecule has 1 N–H and O–H groups in total. The third-order valence-electron chi connectivity index (χ3n) is 6.10. The Morgan fingerprint density at radius 1 is 1.00 bits per heavy atom. The first-order valence-corrected chi connectivity index (χ1v) is 12.6. The number of sulfonamides is 1. The van der Waals surface area contributed by atoms with Gasteiger partial charge >= 0.3 is 0 Å². The van der Waals surface area contributed by atoms with E-state index >= 15 is 0 Å². The highest BCUT2D eigenvalue weighted by molar-refractivity contribution is 7.89. The van der Waals surface area contributed by atoms with Gasteiger partial charge in [0, 0.05) is 19.0 Å². The Morgan fingerprint density at radius 2 is 1.66 bits per heavy atom. The molecule has 0 spiro atoms. The highest BCUT2D eigenvalue weighted by Gasteiger charge is 2.33. The number of amides is 1. The molecule has 0 radical (unpaired) electrons. The molecule has 0 aromatic heterocycles. The summed E-state index contributed by atoms with van der Waals surface area (Å²) in [5.74, 6) is 1.36. The van der Waals surface area contributed by atoms with Crippen LogP contribution in [-0.4, -0.2) is 44.9 Å². The van der Waals surface area contributed by atoms with Crippen molar-refractivity contribution in [2.24, 2.45) is 11.8 Å². The van der Waals surface area contributed by atoms with Gasteiger partial charge in [-0.3, -0.25) is 4.79 Å². The predicted octanol–water partition coefficient (Wildman–Crippen LogP) is 3.37. The predicted molar refractivity (Wildman–Crippen MR) is 121 cm³/mol. The molecule has 1 unspecified atom stereocenters. The summed E-state index contributed by atoms with van der Waals surface area (Å²) in [6.07, 6.45) is 1.01. The van der Waals surface area contributed by atoms with Crippen LogP contribution in [-0.2, 0) is 14.8 Å². The van der Waals surface area contributed by atoms with Gasteiger partial charge in [0.15, 0.2) is 11.5 Å². The first-order valence-electron chi connectivity index (χ1n) is 11.1. The maximum absolute atomic E-state index is 13.1. The Labute approximate surface area is 189 Å². The standard InChI is InChI=1S/C24H30N2O5S/c1-17(2)23(19-8-9-21-22(16-19)31-15-14-30-21)25-24(27)18-10-12-26(13-11-18)32(28,29)20-6-4-3-5-7-20/h3-9,16-18,23H,10-15H2,1-2H3,(H,25,27). The Kier molecular flexibility index (Phi) is 6.71. The quantitative estimate of drug-likeness (QED) is 0.717. The highest BCUT2D eigenvalue weighted by atomic mass is 32.2. The van der Waals surface area contributed by atoms with Crippen LogP contribution in [0.2, 0.25) is 0 Å². The summed E-state index contributed by atoms with van der Waals surface area (Å²) in [4.78, 5) is 13.4. The maximum atomic E-state index is 13.1. The summed E-state index contributed by atoms with van der Waals surface area (Å²) in [6.45, 7) is 5.86. The van der Waals surface area contributed by atoms with Crippen LogP contribution in [0, 0.1) is 11.8 Å². The molecule has 0 aliphatic carbocycles. The van der Waals surface area contributed by atoms with Gasteiger partial charge in [0.1, 0.15) is 13.2 Å². The van der Waals surface area contributed by atoms with Crippen molar-refractivity contribution in [3.8, 4) is 11.5 Å². The van der Waals surface area contributed by atoms with E-state index < -0.39 is 10.0 Å². The fourth-order valence-corrected chi connectivity index (χ4v) is 5.75. The average molecular weight is 459 g/mol. The number of ether oxygens (including phenoxy) is 2. The third kappa shape index (κ3) is 4.76. The molecular formula is C24H30N2O5S. The van der Waals surface area contributed by atoms with Crippen LogP contribution in [0.25, 0.3) is 0 Å². The number of carbonyl (C=O) groups is 1. The number of hydrogen-bond acceptors (Lipinski definition) is 5. The van der Waals surface area contributed by atoms with E-state index in [1.165, 1.54) is 4.31 Å². The molecule has 0 saturated carbocycles. The van der Waals surface area contributed by atoms with Gasteiger partial charge in [0.25, 0.3) is 0 Å². The Balaban J connectivity index is 1.40. The minimum absolute atomic E-state index is 0.0321. The van der Waals surface area contributed by atoms with Crippen LogP contribution in [0.4, 0.5) is 0 Å². The van der Waals surface area contributed by atoms with Crippen LogP contribution < -0.4 is 14.8 Å². The zero-order chi connectivity index (χ0) is 22.7. The van der Waals surface area contributed by atoms with Crippen molar-refractivity contribution in [2.75, 3.05) is 26.3 Å². The van der Waals surface area contributed by atoms with E-state index in [1.54, 1.807) is 30.3 Å². The second-order valence-electron chi connectivity index (χ2n) is 8.62. The lowest BCUT2D eigenvalue weighted by Crippen LogP contribution is -2.44. The van der Waals surface area contributed by atoms with E-state index in [-0.39, 0.29) is 23.8 Å². The number of piperidine rings is 1. The van der Waals surface area contributed by atoms with Gasteiger partial charge in [-0.2, -0.15) is 4.31 Å². The molecule has 32 heavy (non-hydrogen) atoms. The maximum Gasteiger partial charge on any atom is 0.243 e. The molecule has 2 aliphatic heterocycles. The smallest absolute Gasteiger partial charge is 0.243 e. The SMILES string of the molecule is CC(C)C(NC(=O)C1CCN(S(=O)(=O)c2ccccc2)CC1)c1ccc2c(c1)OCCO2. The zero-order valence-corrected chi connectivity index (χ0v) is 19.3. The number of fused-ring (bicyclic) bond motifs is 1. The average Bonchev–Trinajstić information content (AvgIpc) is 2.82. The lowest BCUT2D eigenvalue weighted by molar-refractivity contribution is -0.127. The minimum atomic E-state index is -3.52. The van der Waals surface area contributed by atoms with E-state index in [0.29, 0.717) is 49.8 Å². The van der Waals surface area contributed by atoms with Crippen molar-refractivity contribution in [1.29, 1.82) is 0 Å². The van der Waals surface area contributed by atoms with Crippen molar-refractivity contribution < 1.29 is 22.7 Å². The Morgan fingerprint density at radius 3 is 2.31 bits per heavy atom. The first-order chi connectivity index (χ1) is 15.4. The van der Waals surface area contributed by atoms with Gasteiger partial charge in [-0.1, -0.05) is 38.1 Å². The molecule has 1 atom stereocenters. The van der Waals surface area contributed by atoms with Crippen molar-refractivity contribution in [3.63, 3.8) is 0 Å². The highest BCUT2D eigenvalue weighted by Crippen LogP contribution is 2.35. The van der Waals surface area contributed by atoms with Gasteiger partial charge in [-0.15, -0.1) is 0 Å². The summed E-state index contributed by atoms with van der Waals surface area (Å²) in [7, 11) is -3.52. The molecule has 0 bridgehead atoms. The number of rotatable bonds is 6. The summed E-state index contributed by atoms with van der Waals surface area (Å²) in [5, 5.41) is 3.19. The second kappa shape index (κ2) is 9.50. The van der Waals surface area contributed by atoms with Crippen LogP contribution >= 0.6 is 0 Å². The molecule has 2 aromatic rings. The normalized spacial score (nSPS) is 18.3. The number of benzene rings is 2. The van der Waals surface area contributed by atoms with Crippen LogP contribution in [0.5, 0.6) is 11.5 Å². The molecule has 7 nitrogen and oxygen atoms in total. The van der Waals surface area contributed by atoms with E-state index in [2.05, 4.69) is 19.2 Å². The molecule has 2 aliphatic rings. The molecule has 1 amide bonds. The molecular weight excluding hydrogens is 428 g/mol. The van der Waals surface area contributed by atoms with Crippen molar-refractivity contribution >= 4 is 15.9 Å². The molecule has 8 heteroatoms. The Bertz CT molecular complexity index is 1050. The fraction of sp³-hybridized carbons (Fsp3) is 0.458. The molecule has 172 valence electrons. The van der Waals surface area contributed by atoms with Gasteiger partial charge in [0.2, 0.25) is 15.9 Å². The second-order valence-corrected chi connectivity index (χ2v) is 10.6. The largest absolute Gasteiger partial charge is 0.486 e. The number of hydrogen-bond donors (Lipinski definition) is 1. The van der Waals surface area contributed by atoms with Crippen LogP contribution in [0.3, 0.4) is 0 Å². The van der Waals surface area contributed by atoms with E-state index in [0.717, 1.165) is 11.3 Å². The lowest BCUT2D eigenvalue weighted by Gasteiger charge is -2.32. The number of nitrogens with zero attached hydrogens (tertiary/aromatic N) is 1. The first kappa shape index (κ1) is 22.6. The molecule has 1 fully saturated rings. The third-order valence-corrected chi connectivity index (χ3v) is 8.01. The minimum Gasteiger partial charge on any atom is -0.486 e. The summed E-state index contributed by atoms with van der Waals surface area (Å²) < 4.78 is 38.4. The van der Waals surface area contributed by atoms with Gasteiger partial charge < -0.3 is 14.8 Å². The van der Waals surface area contributed by atoms with Crippen LogP contribution in [0.1, 0.15) is 38.3 Å². The van der Waals surface area contributed by atoms with Crippen molar-refractivity contribution in [3.05, 3.63) is 54.1 Å². The monoisotopic (exact) mass is 458 g/mol. The van der Waals surface area contributed by atoms with E-state index in [9.17, 15) is 13.2 Å². The molecule has 2 heterocycles. The lowest BCUT2D eigenvalue weighted by atomic mass is 9.92. The van der Waals surface area contributed by atoms with Gasteiger partial charge in [-0.25, -0.2) is 8.42 Å². The van der Waals surface area contributed by atoms with Gasteiger partial charge in [-0.05, 0) is 48.6 Å². The fourth-order valence-electron chi connectivity index (χ4n) is 4.26. The van der Waals surface area contributed by atoms with Crippen LogP contribution in [0.15, 0.2) is 53.4 Å². The van der Waals surface area contributed by atoms with Gasteiger partial charge in [0.05, 0.1) is 10.9 Å². The van der Waals surface area contributed by atoms with Crippen molar-refractivity contribution in [1.82, 2.24) is 9.62 Å². The zero-order valence-electron chi connectivity index (χ0n) is 18.5. The van der Waals surface area contributed by atoms with E-state index in [1.807, 2.05) is 18.2 Å². The molecule has 2 aromatic carbocycles. The molecule has 1 saturated heterocycles. The Hall–Kier alpha value is -2.58. The molecule has 4 rings (SSSR count). The van der Waals surface area contributed by atoms with Crippen molar-refractivity contribution in [2.45, 2.75) is 37.6 Å². The summed E-state index contributed by atoms with van der Waals surface area (Å²) in [6, 6.07) is 14.1.